The zero-order valence-corrected chi connectivity index (χ0v) is 12.8. The third-order valence-corrected chi connectivity index (χ3v) is 3.91. The van der Waals surface area contributed by atoms with E-state index < -0.39 is 0 Å². The van der Waals surface area contributed by atoms with E-state index in [-0.39, 0.29) is 17.8 Å². The average molecular weight is 293 g/mol. The highest BCUT2D eigenvalue weighted by atomic mass is 16.5. The Morgan fingerprint density at radius 3 is 2.71 bits per heavy atom. The lowest BCUT2D eigenvalue weighted by Crippen LogP contribution is -2.40. The van der Waals surface area contributed by atoms with Crippen LogP contribution in [0, 0.1) is 5.92 Å². The maximum absolute atomic E-state index is 12.1. The highest BCUT2D eigenvalue weighted by molar-refractivity contribution is 5.74. The van der Waals surface area contributed by atoms with Crippen molar-refractivity contribution in [1.82, 2.24) is 5.32 Å². The first kappa shape index (κ1) is 15.6. The molecule has 0 aliphatic carbocycles. The Labute approximate surface area is 125 Å². The standard InChI is InChI=1S/C16H23NO4/c1-4-21-16(18)13-10-17-8-7-12(13)11-5-6-14(19-2)15(9-11)20-3/h5-6,9,12-13,17H,4,7-8,10H2,1-3H3. The molecule has 1 fully saturated rings. The van der Waals surface area contributed by atoms with Crippen LogP contribution < -0.4 is 14.8 Å². The molecule has 0 spiro atoms. The van der Waals surface area contributed by atoms with Crippen LogP contribution in [0.1, 0.15) is 24.8 Å². The van der Waals surface area contributed by atoms with Crippen LogP contribution in [-0.2, 0) is 9.53 Å². The molecule has 2 unspecified atom stereocenters. The molecule has 1 aliphatic rings. The van der Waals surface area contributed by atoms with Crippen molar-refractivity contribution in [1.29, 1.82) is 0 Å². The Morgan fingerprint density at radius 1 is 1.29 bits per heavy atom. The van der Waals surface area contributed by atoms with Gasteiger partial charge in [0.25, 0.3) is 0 Å². The van der Waals surface area contributed by atoms with E-state index >= 15 is 0 Å². The summed E-state index contributed by atoms with van der Waals surface area (Å²) in [6, 6.07) is 5.85. The van der Waals surface area contributed by atoms with Gasteiger partial charge in [-0.2, -0.15) is 0 Å². The summed E-state index contributed by atoms with van der Waals surface area (Å²) in [7, 11) is 3.23. The second-order valence-electron chi connectivity index (χ2n) is 5.07. The maximum atomic E-state index is 12.1. The summed E-state index contributed by atoms with van der Waals surface area (Å²) in [5, 5.41) is 3.27. The predicted octanol–water partition coefficient (Wildman–Crippen LogP) is 1.96. The van der Waals surface area contributed by atoms with E-state index in [0.717, 1.165) is 18.5 Å². The number of hydrogen-bond acceptors (Lipinski definition) is 5. The molecular formula is C16H23NO4. The van der Waals surface area contributed by atoms with Gasteiger partial charge in [-0.15, -0.1) is 0 Å². The first-order valence-corrected chi connectivity index (χ1v) is 7.30. The van der Waals surface area contributed by atoms with Gasteiger partial charge < -0.3 is 19.5 Å². The number of nitrogens with one attached hydrogen (secondary N) is 1. The van der Waals surface area contributed by atoms with Gasteiger partial charge in [-0.3, -0.25) is 4.79 Å². The highest BCUT2D eigenvalue weighted by Gasteiger charge is 2.33. The molecule has 5 heteroatoms. The molecule has 116 valence electrons. The van der Waals surface area contributed by atoms with Crippen LogP contribution in [0.3, 0.4) is 0 Å². The van der Waals surface area contributed by atoms with E-state index in [1.807, 2.05) is 25.1 Å². The van der Waals surface area contributed by atoms with Crippen molar-refractivity contribution < 1.29 is 19.0 Å². The fourth-order valence-electron chi connectivity index (χ4n) is 2.84. The summed E-state index contributed by atoms with van der Waals surface area (Å²) in [4.78, 5) is 12.1. The normalized spacial score (nSPS) is 21.7. The van der Waals surface area contributed by atoms with Gasteiger partial charge in [0.2, 0.25) is 0 Å². The van der Waals surface area contributed by atoms with Crippen molar-refractivity contribution in [3.8, 4) is 11.5 Å². The number of ether oxygens (including phenoxy) is 3. The van der Waals surface area contributed by atoms with Crippen molar-refractivity contribution in [2.75, 3.05) is 33.9 Å². The molecule has 21 heavy (non-hydrogen) atoms. The second-order valence-corrected chi connectivity index (χ2v) is 5.07. The number of rotatable bonds is 5. The molecule has 0 bridgehead atoms. The molecule has 0 radical (unpaired) electrons. The number of piperidine rings is 1. The van der Waals surface area contributed by atoms with E-state index in [1.54, 1.807) is 14.2 Å². The lowest BCUT2D eigenvalue weighted by molar-refractivity contribution is -0.149. The quantitative estimate of drug-likeness (QED) is 0.841. The van der Waals surface area contributed by atoms with Gasteiger partial charge >= 0.3 is 5.97 Å². The number of carbonyl (C=O) groups is 1. The van der Waals surface area contributed by atoms with Crippen molar-refractivity contribution in [3.05, 3.63) is 23.8 Å². The minimum atomic E-state index is -0.156. The minimum absolute atomic E-state index is 0.135. The SMILES string of the molecule is CCOC(=O)C1CNCCC1c1ccc(OC)c(OC)c1. The smallest absolute Gasteiger partial charge is 0.310 e. The molecule has 1 aromatic rings. The summed E-state index contributed by atoms with van der Waals surface area (Å²) < 4.78 is 15.8. The van der Waals surface area contributed by atoms with Crippen LogP contribution in [-0.4, -0.2) is 39.9 Å². The Bertz CT molecular complexity index is 489. The Hall–Kier alpha value is -1.75. The third-order valence-electron chi connectivity index (χ3n) is 3.91. The monoisotopic (exact) mass is 293 g/mol. The van der Waals surface area contributed by atoms with Crippen molar-refractivity contribution in [3.63, 3.8) is 0 Å². The first-order chi connectivity index (χ1) is 10.2. The van der Waals surface area contributed by atoms with Crippen LogP contribution in [0.4, 0.5) is 0 Å². The molecule has 0 saturated carbocycles. The van der Waals surface area contributed by atoms with Crippen LogP contribution in [0.25, 0.3) is 0 Å². The lowest BCUT2D eigenvalue weighted by atomic mass is 9.81. The van der Waals surface area contributed by atoms with Gasteiger partial charge in [0.05, 0.1) is 26.7 Å². The summed E-state index contributed by atoms with van der Waals surface area (Å²) in [6.45, 7) is 3.79. The van der Waals surface area contributed by atoms with E-state index in [1.165, 1.54) is 0 Å². The number of methoxy groups -OCH3 is 2. The van der Waals surface area contributed by atoms with E-state index in [0.29, 0.717) is 24.7 Å². The van der Waals surface area contributed by atoms with Gasteiger partial charge in [-0.05, 0) is 43.5 Å². The van der Waals surface area contributed by atoms with Gasteiger partial charge in [-0.1, -0.05) is 6.07 Å². The van der Waals surface area contributed by atoms with Crippen LogP contribution in [0.15, 0.2) is 18.2 Å². The summed E-state index contributed by atoms with van der Waals surface area (Å²) in [5.74, 6) is 1.24. The zero-order chi connectivity index (χ0) is 15.2. The summed E-state index contributed by atoms with van der Waals surface area (Å²) in [5.41, 5.74) is 1.09. The largest absolute Gasteiger partial charge is 0.493 e. The molecule has 1 aliphatic heterocycles. The van der Waals surface area contributed by atoms with E-state index in [4.69, 9.17) is 14.2 Å². The lowest BCUT2D eigenvalue weighted by Gasteiger charge is -2.31. The molecule has 0 amide bonds. The van der Waals surface area contributed by atoms with Gasteiger partial charge in [-0.25, -0.2) is 0 Å². The van der Waals surface area contributed by atoms with Gasteiger partial charge in [0, 0.05) is 6.54 Å². The first-order valence-electron chi connectivity index (χ1n) is 7.30. The Balaban J connectivity index is 2.26. The number of hydrogen-bond donors (Lipinski definition) is 1. The molecule has 2 rings (SSSR count). The van der Waals surface area contributed by atoms with Crippen LogP contribution in [0.2, 0.25) is 0 Å². The van der Waals surface area contributed by atoms with Crippen molar-refractivity contribution >= 4 is 5.97 Å². The fraction of sp³-hybridized carbons (Fsp3) is 0.562. The molecule has 1 saturated heterocycles. The molecule has 1 N–H and O–H groups in total. The average Bonchev–Trinajstić information content (AvgIpc) is 2.54. The minimum Gasteiger partial charge on any atom is -0.493 e. The molecule has 1 heterocycles. The Morgan fingerprint density at radius 2 is 2.05 bits per heavy atom. The molecule has 5 nitrogen and oxygen atoms in total. The Kier molecular flexibility index (Phi) is 5.44. The van der Waals surface area contributed by atoms with Crippen LogP contribution in [0.5, 0.6) is 11.5 Å². The molecule has 1 aromatic carbocycles. The van der Waals surface area contributed by atoms with Gasteiger partial charge in [0.15, 0.2) is 11.5 Å². The van der Waals surface area contributed by atoms with E-state index in [9.17, 15) is 4.79 Å². The molecule has 2 atom stereocenters. The summed E-state index contributed by atoms with van der Waals surface area (Å²) in [6.07, 6.45) is 0.902. The zero-order valence-electron chi connectivity index (χ0n) is 12.8. The summed E-state index contributed by atoms with van der Waals surface area (Å²) >= 11 is 0. The predicted molar refractivity (Wildman–Crippen MR) is 79.9 cm³/mol. The fourth-order valence-corrected chi connectivity index (χ4v) is 2.84. The number of carbonyl (C=O) groups excluding carboxylic acids is 1. The third kappa shape index (κ3) is 3.47. The second kappa shape index (κ2) is 7.31. The van der Waals surface area contributed by atoms with Gasteiger partial charge in [0.1, 0.15) is 0 Å². The van der Waals surface area contributed by atoms with Crippen LogP contribution >= 0.6 is 0 Å². The topological polar surface area (TPSA) is 56.8 Å². The number of benzene rings is 1. The number of esters is 1. The highest BCUT2D eigenvalue weighted by Crippen LogP contribution is 2.36. The van der Waals surface area contributed by atoms with Crippen molar-refractivity contribution in [2.45, 2.75) is 19.3 Å². The van der Waals surface area contributed by atoms with E-state index in [2.05, 4.69) is 5.32 Å². The molecule has 0 aromatic heterocycles. The maximum Gasteiger partial charge on any atom is 0.310 e. The molecular weight excluding hydrogens is 270 g/mol. The van der Waals surface area contributed by atoms with Crippen molar-refractivity contribution in [2.24, 2.45) is 5.92 Å².